The third-order valence-corrected chi connectivity index (χ3v) is 7.41. The van der Waals surface area contributed by atoms with Crippen molar-refractivity contribution in [3.8, 4) is 0 Å². The first-order valence-corrected chi connectivity index (χ1v) is 12.8. The summed E-state index contributed by atoms with van der Waals surface area (Å²) >= 11 is 0. The van der Waals surface area contributed by atoms with E-state index in [9.17, 15) is 0 Å². The van der Waals surface area contributed by atoms with Gasteiger partial charge in [-0.05, 0) is 50.8 Å². The number of hydrogen-bond acceptors (Lipinski definition) is 8. The fourth-order valence-electron chi connectivity index (χ4n) is 5.15. The largest absolute Gasteiger partial charge is 0.354 e. The fourth-order valence-corrected chi connectivity index (χ4v) is 5.15. The first-order chi connectivity index (χ1) is 17.7. The highest BCUT2D eigenvalue weighted by atomic mass is 15.3. The van der Waals surface area contributed by atoms with Crippen LogP contribution in [-0.2, 0) is 6.42 Å². The number of nitrogens with zero attached hydrogens (tertiary/aromatic N) is 8. The average molecular weight is 480 g/mol. The molecule has 4 aromatic rings. The SMILES string of the molecule is CN1CCN(c2cc(Nc3ncc4c(n3)CCC=C4c3ccn4ncc(C5CC5)c4n3)ccn2)CC1. The lowest BCUT2D eigenvalue weighted by Gasteiger charge is -2.33. The summed E-state index contributed by atoms with van der Waals surface area (Å²) in [5.41, 5.74) is 7.36. The molecular weight excluding hydrogens is 450 g/mol. The summed E-state index contributed by atoms with van der Waals surface area (Å²) in [6.07, 6.45) is 14.3. The summed E-state index contributed by atoms with van der Waals surface area (Å²) in [5.74, 6) is 2.21. The smallest absolute Gasteiger partial charge is 0.227 e. The maximum absolute atomic E-state index is 5.01. The van der Waals surface area contributed by atoms with E-state index in [1.807, 2.05) is 41.4 Å². The Bertz CT molecular complexity index is 1460. The van der Waals surface area contributed by atoms with Crippen LogP contribution in [0.3, 0.4) is 0 Å². The highest BCUT2D eigenvalue weighted by molar-refractivity contribution is 5.81. The summed E-state index contributed by atoms with van der Waals surface area (Å²) in [5, 5.41) is 7.89. The van der Waals surface area contributed by atoms with E-state index in [1.54, 1.807) is 0 Å². The van der Waals surface area contributed by atoms with E-state index in [4.69, 9.17) is 9.97 Å². The van der Waals surface area contributed by atoms with Gasteiger partial charge in [0.25, 0.3) is 0 Å². The van der Waals surface area contributed by atoms with Gasteiger partial charge in [-0.15, -0.1) is 0 Å². The van der Waals surface area contributed by atoms with Gasteiger partial charge in [0.15, 0.2) is 5.65 Å². The quantitative estimate of drug-likeness (QED) is 0.464. The molecule has 182 valence electrons. The Morgan fingerprint density at radius 2 is 1.89 bits per heavy atom. The second kappa shape index (κ2) is 8.67. The zero-order valence-electron chi connectivity index (χ0n) is 20.4. The number of hydrogen-bond donors (Lipinski definition) is 1. The molecule has 9 nitrogen and oxygen atoms in total. The van der Waals surface area contributed by atoms with Crippen molar-refractivity contribution in [3.63, 3.8) is 0 Å². The summed E-state index contributed by atoms with van der Waals surface area (Å²) in [6, 6.07) is 6.10. The van der Waals surface area contributed by atoms with E-state index in [1.165, 1.54) is 18.4 Å². The van der Waals surface area contributed by atoms with E-state index in [0.29, 0.717) is 11.9 Å². The van der Waals surface area contributed by atoms with Gasteiger partial charge in [0.2, 0.25) is 5.95 Å². The van der Waals surface area contributed by atoms with Crippen molar-refractivity contribution in [2.24, 2.45) is 0 Å². The second-order valence-corrected chi connectivity index (χ2v) is 9.98. The van der Waals surface area contributed by atoms with E-state index in [2.05, 4.69) is 49.4 Å². The summed E-state index contributed by atoms with van der Waals surface area (Å²) in [4.78, 5) is 23.8. The topological polar surface area (TPSA) is 87.4 Å². The third kappa shape index (κ3) is 3.99. The second-order valence-electron chi connectivity index (χ2n) is 9.98. The van der Waals surface area contributed by atoms with Gasteiger partial charge >= 0.3 is 0 Å². The van der Waals surface area contributed by atoms with Crippen LogP contribution in [0.2, 0.25) is 0 Å². The maximum atomic E-state index is 5.01. The van der Waals surface area contributed by atoms with Crippen molar-refractivity contribution in [2.75, 3.05) is 43.4 Å². The molecule has 36 heavy (non-hydrogen) atoms. The van der Waals surface area contributed by atoms with Crippen molar-refractivity contribution in [1.82, 2.24) is 34.4 Å². The van der Waals surface area contributed by atoms with Crippen LogP contribution in [0.15, 0.2) is 49.1 Å². The molecular formula is C27H29N9. The van der Waals surface area contributed by atoms with Crippen LogP contribution in [-0.4, -0.2) is 67.7 Å². The number of aryl methyl sites for hydroxylation is 1. The molecule has 2 fully saturated rings. The Labute approximate surface area is 209 Å². The number of pyridine rings is 1. The Morgan fingerprint density at radius 1 is 1.00 bits per heavy atom. The summed E-state index contributed by atoms with van der Waals surface area (Å²) < 4.78 is 1.89. The maximum Gasteiger partial charge on any atom is 0.227 e. The van der Waals surface area contributed by atoms with Crippen LogP contribution in [0.25, 0.3) is 11.2 Å². The van der Waals surface area contributed by atoms with Crippen molar-refractivity contribution in [2.45, 2.75) is 31.6 Å². The summed E-state index contributed by atoms with van der Waals surface area (Å²) in [7, 11) is 2.16. The standard InChI is InChI=1S/C27H29N9/c1-34-11-13-35(14-12-34)25-15-19(7-9-28-25)31-27-29-16-22-20(3-2-4-23(22)33-27)24-8-10-36-26(32-24)21(17-30-36)18-5-6-18/h3,7-10,15-18H,2,4-6,11-14H2,1H3,(H,28,29,31,33). The van der Waals surface area contributed by atoms with Crippen LogP contribution in [0.1, 0.15) is 47.7 Å². The molecule has 2 aliphatic carbocycles. The van der Waals surface area contributed by atoms with Crippen LogP contribution in [0.5, 0.6) is 0 Å². The number of fused-ring (bicyclic) bond motifs is 2. The number of rotatable bonds is 5. The molecule has 1 saturated heterocycles. The molecule has 1 N–H and O–H groups in total. The predicted molar refractivity (Wildman–Crippen MR) is 140 cm³/mol. The minimum absolute atomic E-state index is 0.611. The average Bonchev–Trinajstić information content (AvgIpc) is 3.67. The molecule has 0 spiro atoms. The van der Waals surface area contributed by atoms with Crippen molar-refractivity contribution >= 4 is 28.7 Å². The molecule has 0 atom stereocenters. The van der Waals surface area contributed by atoms with E-state index in [-0.39, 0.29) is 0 Å². The number of nitrogens with one attached hydrogen (secondary N) is 1. The minimum atomic E-state index is 0.611. The Kier molecular flexibility index (Phi) is 5.16. The van der Waals surface area contributed by atoms with Gasteiger partial charge < -0.3 is 15.1 Å². The Morgan fingerprint density at radius 3 is 2.75 bits per heavy atom. The van der Waals surface area contributed by atoms with Gasteiger partial charge in [-0.25, -0.2) is 24.5 Å². The Balaban J connectivity index is 1.14. The molecule has 1 saturated carbocycles. The fraction of sp³-hybridized carbons (Fsp3) is 0.370. The lowest BCUT2D eigenvalue weighted by Crippen LogP contribution is -2.44. The lowest BCUT2D eigenvalue weighted by molar-refractivity contribution is 0.312. The molecule has 7 rings (SSSR count). The predicted octanol–water partition coefficient (Wildman–Crippen LogP) is 3.67. The number of piperazine rings is 1. The Hall–Kier alpha value is -3.85. The third-order valence-electron chi connectivity index (χ3n) is 7.41. The van der Waals surface area contributed by atoms with Crippen molar-refractivity contribution in [1.29, 1.82) is 0 Å². The van der Waals surface area contributed by atoms with Gasteiger partial charge in [0, 0.05) is 73.2 Å². The number of aromatic nitrogens is 6. The van der Waals surface area contributed by atoms with Gasteiger partial charge in [0.05, 0.1) is 17.6 Å². The van der Waals surface area contributed by atoms with Crippen LogP contribution < -0.4 is 10.2 Å². The molecule has 1 aliphatic heterocycles. The van der Waals surface area contributed by atoms with Crippen LogP contribution in [0, 0.1) is 0 Å². The molecule has 0 bridgehead atoms. The number of allylic oxidation sites excluding steroid dienone is 1. The normalized spacial score (nSPS) is 18.2. The number of anilines is 3. The molecule has 3 aliphatic rings. The first-order valence-electron chi connectivity index (χ1n) is 12.8. The van der Waals surface area contributed by atoms with Crippen molar-refractivity contribution in [3.05, 3.63) is 71.6 Å². The molecule has 0 amide bonds. The molecule has 9 heteroatoms. The van der Waals surface area contributed by atoms with Crippen LogP contribution in [0.4, 0.5) is 17.5 Å². The summed E-state index contributed by atoms with van der Waals surface area (Å²) in [6.45, 7) is 4.07. The van der Waals surface area contributed by atoms with E-state index >= 15 is 0 Å². The van der Waals surface area contributed by atoms with Gasteiger partial charge in [-0.2, -0.15) is 5.10 Å². The highest BCUT2D eigenvalue weighted by Crippen LogP contribution is 2.41. The van der Waals surface area contributed by atoms with Crippen molar-refractivity contribution < 1.29 is 0 Å². The first kappa shape index (κ1) is 21.4. The number of likely N-dealkylation sites (N-methyl/N-ethyl adjacent to an activating group) is 1. The zero-order chi connectivity index (χ0) is 24.1. The van der Waals surface area contributed by atoms with E-state index in [0.717, 1.165) is 78.7 Å². The van der Waals surface area contributed by atoms with E-state index < -0.39 is 0 Å². The highest BCUT2D eigenvalue weighted by Gasteiger charge is 2.28. The van der Waals surface area contributed by atoms with Crippen LogP contribution >= 0.6 is 0 Å². The lowest BCUT2D eigenvalue weighted by atomic mass is 9.94. The molecule has 0 aromatic carbocycles. The van der Waals surface area contributed by atoms with Gasteiger partial charge in [-0.3, -0.25) is 0 Å². The molecule has 0 radical (unpaired) electrons. The molecule has 4 aromatic heterocycles. The molecule has 5 heterocycles. The molecule has 0 unspecified atom stereocenters. The van der Waals surface area contributed by atoms with Gasteiger partial charge in [-0.1, -0.05) is 6.08 Å². The zero-order valence-corrected chi connectivity index (χ0v) is 20.4. The monoisotopic (exact) mass is 479 g/mol. The van der Waals surface area contributed by atoms with Gasteiger partial charge in [0.1, 0.15) is 5.82 Å². The minimum Gasteiger partial charge on any atom is -0.354 e.